The molecule has 278 valence electrons. The van der Waals surface area contributed by atoms with E-state index in [2.05, 4.69) is 0 Å². The maximum Gasteiger partial charge on any atom is 0.253 e. The number of carbonyl (C=O) groups is 4. The van der Waals surface area contributed by atoms with E-state index in [1.54, 1.807) is 94.9 Å². The number of ether oxygens (including phenoxy) is 6. The van der Waals surface area contributed by atoms with E-state index >= 15 is 9.59 Å². The normalized spacial score (nSPS) is 24.8. The number of nitrogens with zero attached hydrogens (tertiary/aromatic N) is 4. The van der Waals surface area contributed by atoms with Gasteiger partial charge in [-0.05, 0) is 48.5 Å². The highest BCUT2D eigenvalue weighted by atomic mass is 16.5. The quantitative estimate of drug-likeness (QED) is 0.216. The zero-order valence-electron chi connectivity index (χ0n) is 30.4. The summed E-state index contributed by atoms with van der Waals surface area (Å²) in [5.41, 5.74) is 1.61. The Labute approximate surface area is 311 Å². The first-order chi connectivity index (χ1) is 26.2. The molecular weight excluding hydrogens is 696 g/mol. The third kappa shape index (κ3) is 4.86. The summed E-state index contributed by atoms with van der Waals surface area (Å²) in [6, 6.07) is 19.7. The van der Waals surface area contributed by atoms with Crippen molar-refractivity contribution in [1.82, 2.24) is 10.0 Å². The van der Waals surface area contributed by atoms with E-state index in [1.165, 1.54) is 42.7 Å². The largest absolute Gasteiger partial charge is 0.497 e. The fourth-order valence-corrected chi connectivity index (χ4v) is 8.68. The summed E-state index contributed by atoms with van der Waals surface area (Å²) in [6.07, 6.45) is 0. The van der Waals surface area contributed by atoms with E-state index in [4.69, 9.17) is 28.4 Å². The smallest absolute Gasteiger partial charge is 0.253 e. The van der Waals surface area contributed by atoms with Crippen LogP contribution in [0.2, 0.25) is 0 Å². The molecular formula is C40H38N4O10. The summed E-state index contributed by atoms with van der Waals surface area (Å²) in [7, 11) is 8.98. The van der Waals surface area contributed by atoms with Crippen LogP contribution in [0.3, 0.4) is 0 Å². The predicted molar refractivity (Wildman–Crippen MR) is 194 cm³/mol. The molecule has 4 aromatic rings. The molecule has 0 radical (unpaired) electrons. The number of benzene rings is 4. The molecule has 4 aromatic carbocycles. The van der Waals surface area contributed by atoms with Gasteiger partial charge >= 0.3 is 0 Å². The van der Waals surface area contributed by atoms with Crippen molar-refractivity contribution in [2.75, 3.05) is 52.5 Å². The molecule has 14 nitrogen and oxygen atoms in total. The second kappa shape index (κ2) is 13.4. The average Bonchev–Trinajstić information content (AvgIpc) is 3.88. The molecule has 0 aromatic heterocycles. The molecule has 0 N–H and O–H groups in total. The Hall–Kier alpha value is -6.12. The predicted octanol–water partition coefficient (Wildman–Crippen LogP) is 4.18. The van der Waals surface area contributed by atoms with Crippen molar-refractivity contribution in [3.05, 3.63) is 96.1 Å². The monoisotopic (exact) mass is 734 g/mol. The summed E-state index contributed by atoms with van der Waals surface area (Å²) in [5.74, 6) is -1.76. The summed E-state index contributed by atoms with van der Waals surface area (Å²) in [4.78, 5) is 62.3. The number of hydrazine groups is 1. The summed E-state index contributed by atoms with van der Waals surface area (Å²) < 4.78 is 34.0. The summed E-state index contributed by atoms with van der Waals surface area (Å²) >= 11 is 0. The molecule has 6 atom stereocenters. The number of fused-ring (bicyclic) bond motifs is 5. The molecule has 54 heavy (non-hydrogen) atoms. The first-order valence-electron chi connectivity index (χ1n) is 17.3. The SMILES string of the molecule is COc1ccc(C2C3C(=O)N(c4ccccc4OC)C(=O)C3N3C(c4ccc(OC)cc4OC)C4C(=O)N(c5ccccc5OC)C(=O)C4N23)c(OC)c1. The highest BCUT2D eigenvalue weighted by Gasteiger charge is 2.74. The van der Waals surface area contributed by atoms with E-state index < -0.39 is 59.6 Å². The standard InChI is InChI=1S/C40H38N4O10/c1-49-21-15-17-23(29(19-21)53-5)33-31-35(39(47)41(37(31)45)25-11-7-9-13-27(25)51-3)44-34(24-18-16-22(50-2)20-30(24)54-6)32-36(43(33)44)40(48)42(38(32)46)26-12-8-10-14-28(26)52-4/h7-20,31-36H,1-6H3. The van der Waals surface area contributed by atoms with Crippen LogP contribution in [0.15, 0.2) is 84.9 Å². The molecule has 14 heteroatoms. The summed E-state index contributed by atoms with van der Waals surface area (Å²) in [5, 5.41) is 3.51. The minimum Gasteiger partial charge on any atom is -0.497 e. The molecule has 4 saturated heterocycles. The van der Waals surface area contributed by atoms with Crippen molar-refractivity contribution in [3.63, 3.8) is 0 Å². The topological polar surface area (TPSA) is 137 Å². The molecule has 4 aliphatic heterocycles. The van der Waals surface area contributed by atoms with Gasteiger partial charge in [0.2, 0.25) is 11.8 Å². The molecule has 0 saturated carbocycles. The van der Waals surface area contributed by atoms with Crippen LogP contribution in [0.5, 0.6) is 34.5 Å². The van der Waals surface area contributed by atoms with Gasteiger partial charge in [-0.1, -0.05) is 24.3 Å². The average molecular weight is 735 g/mol. The number of para-hydroxylation sites is 4. The second-order valence-electron chi connectivity index (χ2n) is 13.2. The maximum atomic E-state index is 15.0. The van der Waals surface area contributed by atoms with Crippen LogP contribution in [-0.2, 0) is 19.2 Å². The molecule has 0 spiro atoms. The van der Waals surface area contributed by atoms with E-state index in [1.807, 2.05) is 0 Å². The molecule has 4 amide bonds. The first-order valence-corrected chi connectivity index (χ1v) is 17.3. The van der Waals surface area contributed by atoms with Gasteiger partial charge in [0.1, 0.15) is 46.6 Å². The Kier molecular flexibility index (Phi) is 8.66. The summed E-state index contributed by atoms with van der Waals surface area (Å²) in [6.45, 7) is 0. The van der Waals surface area contributed by atoms with Crippen LogP contribution in [0, 0.1) is 11.8 Å². The van der Waals surface area contributed by atoms with Gasteiger partial charge in [-0.15, -0.1) is 0 Å². The lowest BCUT2D eigenvalue weighted by atomic mass is 9.83. The molecule has 0 aliphatic carbocycles. The Balaban J connectivity index is 1.39. The van der Waals surface area contributed by atoms with Crippen LogP contribution >= 0.6 is 0 Å². The molecule has 4 heterocycles. The molecule has 4 fully saturated rings. The minimum atomic E-state index is -1.15. The number of amides is 4. The Morgan fingerprint density at radius 3 is 1.13 bits per heavy atom. The van der Waals surface area contributed by atoms with Crippen LogP contribution in [0.4, 0.5) is 11.4 Å². The molecule has 8 rings (SSSR count). The first kappa shape index (κ1) is 34.9. The van der Waals surface area contributed by atoms with Crippen LogP contribution in [0.1, 0.15) is 23.2 Å². The molecule has 4 aliphatic rings. The molecule has 6 unspecified atom stereocenters. The van der Waals surface area contributed by atoms with Gasteiger partial charge in [-0.3, -0.25) is 19.2 Å². The van der Waals surface area contributed by atoms with Crippen molar-refractivity contribution >= 4 is 35.0 Å². The van der Waals surface area contributed by atoms with Crippen molar-refractivity contribution in [1.29, 1.82) is 0 Å². The zero-order chi connectivity index (χ0) is 38.0. The van der Waals surface area contributed by atoms with Gasteiger partial charge in [0, 0.05) is 23.3 Å². The van der Waals surface area contributed by atoms with E-state index in [0.29, 0.717) is 45.6 Å². The van der Waals surface area contributed by atoms with E-state index in [9.17, 15) is 9.59 Å². The van der Waals surface area contributed by atoms with Gasteiger partial charge in [-0.2, -0.15) is 0 Å². The van der Waals surface area contributed by atoms with Crippen LogP contribution in [0.25, 0.3) is 0 Å². The van der Waals surface area contributed by atoms with Gasteiger partial charge in [0.25, 0.3) is 11.8 Å². The van der Waals surface area contributed by atoms with Crippen molar-refractivity contribution < 1.29 is 47.6 Å². The number of rotatable bonds is 10. The lowest BCUT2D eigenvalue weighted by Crippen LogP contribution is -2.50. The van der Waals surface area contributed by atoms with E-state index in [0.717, 1.165) is 9.80 Å². The molecule has 0 bridgehead atoms. The van der Waals surface area contributed by atoms with Gasteiger partial charge < -0.3 is 28.4 Å². The maximum absolute atomic E-state index is 15.0. The number of hydrogen-bond donors (Lipinski definition) is 0. The third-order valence-electron chi connectivity index (χ3n) is 10.9. The van der Waals surface area contributed by atoms with Gasteiger partial charge in [0.05, 0.1) is 78.0 Å². The van der Waals surface area contributed by atoms with Gasteiger partial charge in [0.15, 0.2) is 0 Å². The number of methoxy groups -OCH3 is 6. The number of anilines is 2. The Morgan fingerprint density at radius 1 is 0.407 bits per heavy atom. The van der Waals surface area contributed by atoms with Crippen molar-refractivity contribution in [3.8, 4) is 34.5 Å². The zero-order valence-corrected chi connectivity index (χ0v) is 30.4. The minimum absolute atomic E-state index is 0.281. The van der Waals surface area contributed by atoms with Crippen LogP contribution in [-0.4, -0.2) is 88.4 Å². The Morgan fingerprint density at radius 2 is 0.778 bits per heavy atom. The van der Waals surface area contributed by atoms with Crippen molar-refractivity contribution in [2.24, 2.45) is 11.8 Å². The number of carbonyl (C=O) groups excluding carboxylic acids is 4. The second-order valence-corrected chi connectivity index (χ2v) is 13.2. The fraction of sp³-hybridized carbons (Fsp3) is 0.300. The third-order valence-corrected chi connectivity index (χ3v) is 10.9. The highest BCUT2D eigenvalue weighted by Crippen LogP contribution is 2.62. The highest BCUT2D eigenvalue weighted by molar-refractivity contribution is 6.27. The number of hydrogen-bond acceptors (Lipinski definition) is 12. The number of imide groups is 2. The van der Waals surface area contributed by atoms with Crippen LogP contribution < -0.4 is 38.2 Å². The fourth-order valence-electron chi connectivity index (χ4n) is 8.68. The Bertz CT molecular complexity index is 2040. The van der Waals surface area contributed by atoms with E-state index in [-0.39, 0.29) is 11.4 Å². The lowest BCUT2D eigenvalue weighted by Gasteiger charge is -2.36. The van der Waals surface area contributed by atoms with Crippen molar-refractivity contribution in [2.45, 2.75) is 24.2 Å². The van der Waals surface area contributed by atoms with Gasteiger partial charge in [-0.25, -0.2) is 19.8 Å². The lowest BCUT2D eigenvalue weighted by molar-refractivity contribution is -0.136.